The SMILES string of the molecule is COc1ccc(C2(C#Cc3cccc(C#N)c3)CCC(=O)CC2)cc1OC1CCCC1. The van der Waals surface area contributed by atoms with Crippen LogP contribution in [0.1, 0.15) is 68.1 Å². The van der Waals surface area contributed by atoms with Crippen molar-refractivity contribution in [2.45, 2.75) is 62.9 Å². The number of nitrogens with zero attached hydrogens (tertiary/aromatic N) is 1. The van der Waals surface area contributed by atoms with E-state index in [-0.39, 0.29) is 6.10 Å². The maximum atomic E-state index is 12.0. The van der Waals surface area contributed by atoms with Crippen molar-refractivity contribution in [1.29, 1.82) is 5.26 Å². The summed E-state index contributed by atoms with van der Waals surface area (Å²) in [5.74, 6) is 8.55. The van der Waals surface area contributed by atoms with Crippen LogP contribution in [-0.2, 0) is 10.2 Å². The van der Waals surface area contributed by atoms with Crippen molar-refractivity contribution in [3.8, 4) is 29.4 Å². The van der Waals surface area contributed by atoms with Gasteiger partial charge in [-0.3, -0.25) is 4.79 Å². The fourth-order valence-electron chi connectivity index (χ4n) is 4.55. The predicted octanol–water partition coefficient (Wildman–Crippen LogP) is 5.32. The van der Waals surface area contributed by atoms with E-state index in [1.54, 1.807) is 19.2 Å². The van der Waals surface area contributed by atoms with Gasteiger partial charge in [-0.2, -0.15) is 5.26 Å². The van der Waals surface area contributed by atoms with Crippen LogP contribution < -0.4 is 9.47 Å². The van der Waals surface area contributed by atoms with Gasteiger partial charge in [-0.1, -0.05) is 24.0 Å². The lowest BCUT2D eigenvalue weighted by molar-refractivity contribution is -0.120. The number of benzene rings is 2. The van der Waals surface area contributed by atoms with Gasteiger partial charge in [-0.05, 0) is 74.4 Å². The first-order valence-electron chi connectivity index (χ1n) is 11.0. The normalized spacial score (nSPS) is 18.0. The van der Waals surface area contributed by atoms with Gasteiger partial charge >= 0.3 is 0 Å². The van der Waals surface area contributed by atoms with Crippen molar-refractivity contribution in [2.75, 3.05) is 7.11 Å². The number of rotatable bonds is 4. The Morgan fingerprint density at radius 3 is 2.45 bits per heavy atom. The summed E-state index contributed by atoms with van der Waals surface area (Å²) in [5, 5.41) is 9.17. The Labute approximate surface area is 184 Å². The quantitative estimate of drug-likeness (QED) is 0.637. The Bertz CT molecular complexity index is 1050. The fourth-order valence-corrected chi connectivity index (χ4v) is 4.55. The zero-order chi connectivity index (χ0) is 21.7. The highest BCUT2D eigenvalue weighted by molar-refractivity contribution is 5.80. The molecule has 0 unspecified atom stereocenters. The highest BCUT2D eigenvalue weighted by Crippen LogP contribution is 2.42. The first-order valence-corrected chi connectivity index (χ1v) is 11.0. The summed E-state index contributed by atoms with van der Waals surface area (Å²) in [4.78, 5) is 12.0. The fraction of sp³-hybridized carbons (Fsp3) is 0.407. The van der Waals surface area contributed by atoms with Crippen LogP contribution in [0.15, 0.2) is 42.5 Å². The molecule has 0 heterocycles. The second-order valence-electron chi connectivity index (χ2n) is 8.45. The van der Waals surface area contributed by atoms with Crippen LogP contribution in [0, 0.1) is 23.2 Å². The molecule has 158 valence electrons. The molecular formula is C27H27NO3. The Morgan fingerprint density at radius 1 is 1.00 bits per heavy atom. The number of methoxy groups -OCH3 is 1. The third-order valence-electron chi connectivity index (χ3n) is 6.41. The van der Waals surface area contributed by atoms with E-state index in [1.807, 2.05) is 18.2 Å². The molecule has 0 bridgehead atoms. The average Bonchev–Trinajstić information content (AvgIpc) is 3.32. The molecule has 0 amide bonds. The molecule has 4 heteroatoms. The molecule has 4 nitrogen and oxygen atoms in total. The van der Waals surface area contributed by atoms with Crippen LogP contribution in [-0.4, -0.2) is 19.0 Å². The first kappa shape index (κ1) is 21.0. The van der Waals surface area contributed by atoms with Gasteiger partial charge in [0.05, 0.1) is 30.3 Å². The number of carbonyl (C=O) groups is 1. The zero-order valence-corrected chi connectivity index (χ0v) is 17.9. The third-order valence-corrected chi connectivity index (χ3v) is 6.41. The lowest BCUT2D eigenvalue weighted by Crippen LogP contribution is -2.30. The topological polar surface area (TPSA) is 59.3 Å². The van der Waals surface area contributed by atoms with Crippen LogP contribution >= 0.6 is 0 Å². The van der Waals surface area contributed by atoms with E-state index >= 15 is 0 Å². The molecular weight excluding hydrogens is 386 g/mol. The molecule has 2 aromatic carbocycles. The van der Waals surface area contributed by atoms with E-state index in [4.69, 9.17) is 9.47 Å². The predicted molar refractivity (Wildman–Crippen MR) is 119 cm³/mol. The lowest BCUT2D eigenvalue weighted by Gasteiger charge is -2.33. The van der Waals surface area contributed by atoms with E-state index in [0.717, 1.165) is 35.5 Å². The van der Waals surface area contributed by atoms with Crippen molar-refractivity contribution < 1.29 is 14.3 Å². The molecule has 2 aliphatic carbocycles. The number of nitriles is 1. The first-order chi connectivity index (χ1) is 15.1. The molecule has 2 fully saturated rings. The summed E-state index contributed by atoms with van der Waals surface area (Å²) in [6, 6.07) is 15.6. The van der Waals surface area contributed by atoms with Crippen LogP contribution in [0.3, 0.4) is 0 Å². The largest absolute Gasteiger partial charge is 0.493 e. The minimum atomic E-state index is -0.420. The van der Waals surface area contributed by atoms with Crippen molar-refractivity contribution in [3.05, 3.63) is 59.2 Å². The molecule has 0 aromatic heterocycles. The monoisotopic (exact) mass is 413 g/mol. The van der Waals surface area contributed by atoms with Gasteiger partial charge in [0.2, 0.25) is 0 Å². The molecule has 31 heavy (non-hydrogen) atoms. The van der Waals surface area contributed by atoms with Crippen molar-refractivity contribution in [1.82, 2.24) is 0 Å². The van der Waals surface area contributed by atoms with Crippen LogP contribution in [0.25, 0.3) is 0 Å². The van der Waals surface area contributed by atoms with Gasteiger partial charge in [-0.15, -0.1) is 0 Å². The summed E-state index contributed by atoms with van der Waals surface area (Å²) >= 11 is 0. The molecule has 0 aliphatic heterocycles. The molecule has 2 saturated carbocycles. The van der Waals surface area contributed by atoms with E-state index in [0.29, 0.717) is 37.0 Å². The number of ketones is 1. The molecule has 2 aromatic rings. The maximum absolute atomic E-state index is 12.0. The molecule has 0 N–H and O–H groups in total. The van der Waals surface area contributed by atoms with E-state index < -0.39 is 5.41 Å². The molecule has 0 saturated heterocycles. The smallest absolute Gasteiger partial charge is 0.161 e. The van der Waals surface area contributed by atoms with Crippen LogP contribution in [0.5, 0.6) is 11.5 Å². The van der Waals surface area contributed by atoms with Crippen LogP contribution in [0.4, 0.5) is 0 Å². The zero-order valence-electron chi connectivity index (χ0n) is 17.9. The highest BCUT2D eigenvalue weighted by atomic mass is 16.5. The second-order valence-corrected chi connectivity index (χ2v) is 8.45. The minimum absolute atomic E-state index is 0.229. The summed E-state index contributed by atoms with van der Waals surface area (Å²) < 4.78 is 11.9. The highest BCUT2D eigenvalue weighted by Gasteiger charge is 2.36. The second kappa shape index (κ2) is 9.27. The molecule has 0 radical (unpaired) electrons. The molecule has 2 aliphatic rings. The summed E-state index contributed by atoms with van der Waals surface area (Å²) in [6.45, 7) is 0. The number of hydrogen-bond acceptors (Lipinski definition) is 4. The third kappa shape index (κ3) is 4.75. The molecule has 4 rings (SSSR count). The Hall–Kier alpha value is -3.24. The number of Topliss-reactive ketones (excluding diaryl/α,β-unsaturated/α-hetero) is 1. The van der Waals surface area contributed by atoms with E-state index in [1.165, 1.54) is 12.8 Å². The van der Waals surface area contributed by atoms with Crippen LogP contribution in [0.2, 0.25) is 0 Å². The van der Waals surface area contributed by atoms with Gasteiger partial charge in [0.15, 0.2) is 11.5 Å². The average molecular weight is 414 g/mol. The van der Waals surface area contributed by atoms with E-state index in [9.17, 15) is 10.1 Å². The summed E-state index contributed by atoms with van der Waals surface area (Å²) in [5.41, 5.74) is 2.05. The van der Waals surface area contributed by atoms with Crippen molar-refractivity contribution in [3.63, 3.8) is 0 Å². The molecule has 0 atom stereocenters. The number of ether oxygens (including phenoxy) is 2. The van der Waals surface area contributed by atoms with Gasteiger partial charge in [0.25, 0.3) is 0 Å². The minimum Gasteiger partial charge on any atom is -0.493 e. The summed E-state index contributed by atoms with van der Waals surface area (Å²) in [7, 11) is 1.66. The van der Waals surface area contributed by atoms with Gasteiger partial charge < -0.3 is 9.47 Å². The van der Waals surface area contributed by atoms with Crippen molar-refractivity contribution in [2.24, 2.45) is 0 Å². The van der Waals surface area contributed by atoms with Crippen molar-refractivity contribution >= 4 is 5.78 Å². The number of carbonyl (C=O) groups excluding carboxylic acids is 1. The Balaban J connectivity index is 1.71. The van der Waals surface area contributed by atoms with Gasteiger partial charge in [0, 0.05) is 18.4 Å². The Morgan fingerprint density at radius 2 is 1.74 bits per heavy atom. The van der Waals surface area contributed by atoms with E-state index in [2.05, 4.69) is 30.0 Å². The standard InChI is InChI=1S/C27H27NO3/c1-30-25-10-9-22(18-26(25)31-24-7-2-3-8-24)27(15-12-23(29)13-16-27)14-11-20-5-4-6-21(17-20)19-28/h4-6,9-10,17-18,24H,2-3,7-8,12-13,15-16H2,1H3. The Kier molecular flexibility index (Phi) is 6.28. The molecule has 0 spiro atoms. The maximum Gasteiger partial charge on any atom is 0.161 e. The summed E-state index contributed by atoms with van der Waals surface area (Å²) in [6.07, 6.45) is 7.20. The lowest BCUT2D eigenvalue weighted by atomic mass is 9.69. The van der Waals surface area contributed by atoms with Gasteiger partial charge in [0.1, 0.15) is 5.78 Å². The number of hydrogen-bond donors (Lipinski definition) is 0. The van der Waals surface area contributed by atoms with Gasteiger partial charge in [-0.25, -0.2) is 0 Å².